The van der Waals surface area contributed by atoms with E-state index in [4.69, 9.17) is 9.47 Å². The molecule has 0 saturated carbocycles. The van der Waals surface area contributed by atoms with Crippen LogP contribution in [0, 0.1) is 0 Å². The molecule has 0 heterocycles. The number of unbranched alkanes of at least 4 members (excludes halogenated alkanes) is 15. The first kappa shape index (κ1) is 30.9. The largest absolute Gasteiger partial charge is 0.466 e. The molecule has 0 rings (SSSR count). The fourth-order valence-corrected chi connectivity index (χ4v) is 4.02. The van der Waals surface area contributed by atoms with Crippen molar-refractivity contribution in [3.05, 3.63) is 0 Å². The maximum absolute atomic E-state index is 11.8. The van der Waals surface area contributed by atoms with Crippen LogP contribution in [-0.2, 0) is 19.1 Å². The maximum Gasteiger partial charge on any atom is 0.306 e. The van der Waals surface area contributed by atoms with Gasteiger partial charge in [-0.25, -0.2) is 0 Å². The van der Waals surface area contributed by atoms with Crippen LogP contribution in [0.3, 0.4) is 0 Å². The molecule has 32 heavy (non-hydrogen) atoms. The van der Waals surface area contributed by atoms with Crippen molar-refractivity contribution in [1.82, 2.24) is 0 Å². The van der Waals surface area contributed by atoms with Crippen LogP contribution in [0.4, 0.5) is 0 Å². The Morgan fingerprint density at radius 2 is 1.00 bits per heavy atom. The zero-order valence-electron chi connectivity index (χ0n) is 21.8. The van der Waals surface area contributed by atoms with Crippen molar-refractivity contribution in [1.29, 1.82) is 0 Å². The van der Waals surface area contributed by atoms with Crippen molar-refractivity contribution in [2.45, 2.75) is 162 Å². The van der Waals surface area contributed by atoms with Crippen LogP contribution >= 0.6 is 0 Å². The van der Waals surface area contributed by atoms with Crippen molar-refractivity contribution in [2.24, 2.45) is 0 Å². The summed E-state index contributed by atoms with van der Waals surface area (Å²) < 4.78 is 10.6. The molecule has 0 bridgehead atoms. The molecule has 0 fully saturated rings. The van der Waals surface area contributed by atoms with Crippen LogP contribution in [0.2, 0.25) is 0 Å². The van der Waals surface area contributed by atoms with Gasteiger partial charge in [0.1, 0.15) is 0 Å². The smallest absolute Gasteiger partial charge is 0.306 e. The Balaban J connectivity index is 3.27. The van der Waals surface area contributed by atoms with Crippen LogP contribution in [0.15, 0.2) is 0 Å². The van der Waals surface area contributed by atoms with E-state index in [0.717, 1.165) is 25.7 Å². The van der Waals surface area contributed by atoms with Gasteiger partial charge in [0.05, 0.1) is 12.7 Å². The van der Waals surface area contributed by atoms with Gasteiger partial charge in [-0.05, 0) is 32.6 Å². The summed E-state index contributed by atoms with van der Waals surface area (Å²) in [6.07, 6.45) is 24.1. The molecule has 4 nitrogen and oxygen atoms in total. The van der Waals surface area contributed by atoms with Gasteiger partial charge in [0, 0.05) is 12.8 Å². The number of carbonyl (C=O) groups is 2. The van der Waals surface area contributed by atoms with E-state index in [9.17, 15) is 9.59 Å². The third kappa shape index (κ3) is 23.6. The minimum Gasteiger partial charge on any atom is -0.466 e. The molecule has 0 aliphatic rings. The predicted octanol–water partition coefficient (Wildman–Crippen LogP) is 8.69. The minimum atomic E-state index is -0.155. The quantitative estimate of drug-likeness (QED) is 0.108. The van der Waals surface area contributed by atoms with Crippen LogP contribution in [0.25, 0.3) is 0 Å². The standard InChI is InChI=1S/C28H54O4/c1-4-6-7-8-9-10-11-12-13-14-15-16-17-18-21-25-31-27(29)23-19-20-24-28(30)32-26(3)22-5-2/h26H,4-25H2,1-3H3. The molecule has 1 atom stereocenters. The average Bonchev–Trinajstić information content (AvgIpc) is 2.76. The minimum absolute atomic E-state index is 0.00706. The SMILES string of the molecule is CCCCCCCCCCCCCCCCCOC(=O)CCCCC(=O)OC(C)CCC. The summed E-state index contributed by atoms with van der Waals surface area (Å²) in [4.78, 5) is 23.4. The van der Waals surface area contributed by atoms with Crippen LogP contribution in [0.1, 0.15) is 156 Å². The zero-order valence-corrected chi connectivity index (χ0v) is 21.8. The summed E-state index contributed by atoms with van der Waals surface area (Å²) in [5.41, 5.74) is 0. The highest BCUT2D eigenvalue weighted by Gasteiger charge is 2.09. The average molecular weight is 455 g/mol. The zero-order chi connectivity index (χ0) is 23.7. The number of rotatable bonds is 24. The molecule has 0 radical (unpaired) electrons. The first-order chi connectivity index (χ1) is 15.6. The van der Waals surface area contributed by atoms with E-state index in [1.807, 2.05) is 6.92 Å². The van der Waals surface area contributed by atoms with Crippen molar-refractivity contribution in [3.8, 4) is 0 Å². The Morgan fingerprint density at radius 3 is 1.47 bits per heavy atom. The molecule has 0 aliphatic heterocycles. The van der Waals surface area contributed by atoms with Gasteiger partial charge < -0.3 is 9.47 Å². The fraction of sp³-hybridized carbons (Fsp3) is 0.929. The Labute approximate surface area is 199 Å². The Hall–Kier alpha value is -1.06. The van der Waals surface area contributed by atoms with Gasteiger partial charge >= 0.3 is 11.9 Å². The van der Waals surface area contributed by atoms with Gasteiger partial charge in [-0.1, -0.05) is 110 Å². The third-order valence-electron chi connectivity index (χ3n) is 6.05. The first-order valence-electron chi connectivity index (χ1n) is 13.9. The summed E-state index contributed by atoms with van der Waals surface area (Å²) >= 11 is 0. The monoisotopic (exact) mass is 454 g/mol. The van der Waals surface area contributed by atoms with E-state index in [1.165, 1.54) is 83.5 Å². The van der Waals surface area contributed by atoms with E-state index < -0.39 is 0 Å². The molecule has 0 saturated heterocycles. The van der Waals surface area contributed by atoms with Crippen molar-refractivity contribution in [2.75, 3.05) is 6.61 Å². The van der Waals surface area contributed by atoms with E-state index in [2.05, 4.69) is 13.8 Å². The second-order valence-electron chi connectivity index (χ2n) is 9.47. The molecule has 0 amide bonds. The van der Waals surface area contributed by atoms with E-state index in [-0.39, 0.29) is 18.0 Å². The number of esters is 2. The molecule has 0 aromatic carbocycles. The van der Waals surface area contributed by atoms with Gasteiger partial charge in [-0.15, -0.1) is 0 Å². The van der Waals surface area contributed by atoms with Crippen molar-refractivity contribution >= 4 is 11.9 Å². The highest BCUT2D eigenvalue weighted by molar-refractivity contribution is 5.70. The highest BCUT2D eigenvalue weighted by atomic mass is 16.5. The van der Waals surface area contributed by atoms with Crippen molar-refractivity contribution < 1.29 is 19.1 Å². The Morgan fingerprint density at radius 1 is 0.562 bits per heavy atom. The molecule has 0 spiro atoms. The molecular weight excluding hydrogens is 400 g/mol. The molecular formula is C28H54O4. The van der Waals surface area contributed by atoms with E-state index in [1.54, 1.807) is 0 Å². The fourth-order valence-electron chi connectivity index (χ4n) is 4.02. The lowest BCUT2D eigenvalue weighted by molar-refractivity contribution is -0.149. The maximum atomic E-state index is 11.8. The molecule has 4 heteroatoms. The van der Waals surface area contributed by atoms with Crippen LogP contribution in [0.5, 0.6) is 0 Å². The van der Waals surface area contributed by atoms with Gasteiger partial charge in [0.15, 0.2) is 0 Å². The summed E-state index contributed by atoms with van der Waals surface area (Å²) in [7, 11) is 0. The van der Waals surface area contributed by atoms with Crippen LogP contribution in [-0.4, -0.2) is 24.6 Å². The second-order valence-corrected chi connectivity index (χ2v) is 9.47. The number of hydrogen-bond donors (Lipinski definition) is 0. The summed E-state index contributed by atoms with van der Waals surface area (Å²) in [5, 5.41) is 0. The predicted molar refractivity (Wildman–Crippen MR) is 135 cm³/mol. The molecule has 0 aromatic heterocycles. The van der Waals surface area contributed by atoms with Gasteiger partial charge in [0.25, 0.3) is 0 Å². The van der Waals surface area contributed by atoms with E-state index in [0.29, 0.717) is 32.3 Å². The van der Waals surface area contributed by atoms with Gasteiger partial charge in [0.2, 0.25) is 0 Å². The van der Waals surface area contributed by atoms with Gasteiger partial charge in [-0.2, -0.15) is 0 Å². The van der Waals surface area contributed by atoms with E-state index >= 15 is 0 Å². The molecule has 190 valence electrons. The summed E-state index contributed by atoms with van der Waals surface area (Å²) in [6.45, 7) is 6.82. The lowest BCUT2D eigenvalue weighted by Gasteiger charge is -2.11. The molecule has 0 N–H and O–H groups in total. The highest BCUT2D eigenvalue weighted by Crippen LogP contribution is 2.13. The lowest BCUT2D eigenvalue weighted by Crippen LogP contribution is -2.14. The van der Waals surface area contributed by atoms with Crippen LogP contribution < -0.4 is 0 Å². The lowest BCUT2D eigenvalue weighted by atomic mass is 10.0. The van der Waals surface area contributed by atoms with Gasteiger partial charge in [-0.3, -0.25) is 9.59 Å². The third-order valence-corrected chi connectivity index (χ3v) is 6.05. The Kier molecular flexibility index (Phi) is 23.8. The Bertz CT molecular complexity index is 422. The number of carbonyl (C=O) groups excluding carboxylic acids is 2. The summed E-state index contributed by atoms with van der Waals surface area (Å²) in [5.74, 6) is -0.291. The topological polar surface area (TPSA) is 52.6 Å². The summed E-state index contributed by atoms with van der Waals surface area (Å²) in [6, 6.07) is 0. The van der Waals surface area contributed by atoms with Crippen molar-refractivity contribution in [3.63, 3.8) is 0 Å². The number of hydrogen-bond acceptors (Lipinski definition) is 4. The molecule has 1 unspecified atom stereocenters. The molecule has 0 aliphatic carbocycles. The number of ether oxygens (including phenoxy) is 2. The normalized spacial score (nSPS) is 12.0. The second kappa shape index (κ2) is 24.6. The first-order valence-corrected chi connectivity index (χ1v) is 13.9. The molecule has 0 aromatic rings.